The van der Waals surface area contributed by atoms with Crippen molar-refractivity contribution in [1.29, 1.82) is 0 Å². The molecule has 0 atom stereocenters. The number of rotatable bonds is 1. The normalized spacial score (nSPS) is 23.2. The van der Waals surface area contributed by atoms with Gasteiger partial charge in [0.1, 0.15) is 0 Å². The lowest BCUT2D eigenvalue weighted by atomic mass is 9.89. The molecule has 1 radical (unpaired) electrons. The smallest absolute Gasteiger partial charge is 0.00274 e. The fraction of sp³-hybridized carbons (Fsp3) is 0.667. The van der Waals surface area contributed by atoms with Crippen molar-refractivity contribution in [3.05, 3.63) is 18.1 Å². The molecule has 51 valence electrons. The topological polar surface area (TPSA) is 0 Å². The maximum Gasteiger partial charge on any atom is -0.00274 e. The Morgan fingerprint density at radius 2 is 1.78 bits per heavy atom. The molecule has 0 bridgehead atoms. The third kappa shape index (κ3) is 2.21. The Morgan fingerprint density at radius 3 is 2.33 bits per heavy atom. The maximum atomic E-state index is 2.28. The van der Waals surface area contributed by atoms with Crippen LogP contribution in [0.25, 0.3) is 0 Å². The van der Waals surface area contributed by atoms with Crippen LogP contribution < -0.4 is 0 Å². The van der Waals surface area contributed by atoms with Gasteiger partial charge in [0.05, 0.1) is 0 Å². The third-order valence-electron chi connectivity index (χ3n) is 1.90. The minimum Gasteiger partial charge on any atom is -0.0911 e. The monoisotopic (exact) mass is 123 g/mol. The highest BCUT2D eigenvalue weighted by Crippen LogP contribution is 2.26. The van der Waals surface area contributed by atoms with Crippen LogP contribution in [0.3, 0.4) is 0 Å². The first kappa shape index (κ1) is 6.85. The molecule has 9 heavy (non-hydrogen) atoms. The van der Waals surface area contributed by atoms with Gasteiger partial charge in [-0.2, -0.15) is 0 Å². The summed E-state index contributed by atoms with van der Waals surface area (Å²) in [5.41, 5.74) is 0. The highest BCUT2D eigenvalue weighted by molar-refractivity contribution is 5.09. The zero-order valence-corrected chi connectivity index (χ0v) is 6.19. The quantitative estimate of drug-likeness (QED) is 0.502. The highest BCUT2D eigenvalue weighted by atomic mass is 14.1. The molecule has 1 rings (SSSR count). The molecular formula is C9H15. The van der Waals surface area contributed by atoms with Crippen LogP contribution in [-0.4, -0.2) is 0 Å². The van der Waals surface area contributed by atoms with Crippen molar-refractivity contribution < 1.29 is 0 Å². The van der Waals surface area contributed by atoms with Crippen LogP contribution in [0.5, 0.6) is 0 Å². The Kier molecular flexibility index (Phi) is 2.82. The number of hydrogen-bond acceptors (Lipinski definition) is 0. The molecule has 0 N–H and O–H groups in total. The number of hydrogen-bond donors (Lipinski definition) is 0. The summed E-state index contributed by atoms with van der Waals surface area (Å²) in [5.74, 6) is 1.66. The molecule has 0 amide bonds. The van der Waals surface area contributed by atoms with Crippen molar-refractivity contribution in [3.8, 4) is 0 Å². The first-order valence-corrected chi connectivity index (χ1v) is 3.91. The molecule has 0 heterocycles. The van der Waals surface area contributed by atoms with E-state index in [9.17, 15) is 0 Å². The van der Waals surface area contributed by atoms with Gasteiger partial charge in [-0.05, 0) is 25.7 Å². The first-order chi connectivity index (χ1) is 4.43. The average molecular weight is 123 g/mol. The van der Waals surface area contributed by atoms with Gasteiger partial charge in [-0.1, -0.05) is 31.4 Å². The van der Waals surface area contributed by atoms with Crippen molar-refractivity contribution in [3.63, 3.8) is 0 Å². The van der Waals surface area contributed by atoms with Gasteiger partial charge in [-0.25, -0.2) is 0 Å². The second-order valence-electron chi connectivity index (χ2n) is 2.72. The summed E-state index contributed by atoms with van der Waals surface area (Å²) in [6.45, 7) is 2.10. The molecule has 0 aromatic heterocycles. The molecule has 1 saturated carbocycles. The molecule has 0 aliphatic heterocycles. The van der Waals surface area contributed by atoms with Crippen molar-refractivity contribution in [2.45, 2.75) is 39.0 Å². The standard InChI is InChI=1S/C9H15/c1-2-6-9-7-4-3-5-8-9/h2,6H,3-5,7-8H2,1H3/b6-2-. The van der Waals surface area contributed by atoms with Gasteiger partial charge in [0.15, 0.2) is 0 Å². The zero-order chi connectivity index (χ0) is 6.53. The van der Waals surface area contributed by atoms with Crippen LogP contribution in [0.15, 0.2) is 12.2 Å². The van der Waals surface area contributed by atoms with Crippen molar-refractivity contribution in [2.24, 2.45) is 0 Å². The van der Waals surface area contributed by atoms with Crippen LogP contribution in [0.4, 0.5) is 0 Å². The molecule has 1 fully saturated rings. The Hall–Kier alpha value is -0.260. The predicted molar refractivity (Wildman–Crippen MR) is 41.1 cm³/mol. The molecule has 1 aliphatic carbocycles. The second kappa shape index (κ2) is 3.71. The van der Waals surface area contributed by atoms with E-state index in [0.29, 0.717) is 0 Å². The third-order valence-corrected chi connectivity index (χ3v) is 1.90. The van der Waals surface area contributed by atoms with Gasteiger partial charge in [0.25, 0.3) is 0 Å². The van der Waals surface area contributed by atoms with Crippen LogP contribution in [-0.2, 0) is 0 Å². The summed E-state index contributed by atoms with van der Waals surface area (Å²) in [6, 6.07) is 0. The second-order valence-corrected chi connectivity index (χ2v) is 2.72. The molecule has 0 nitrogen and oxygen atoms in total. The fourth-order valence-electron chi connectivity index (χ4n) is 1.41. The summed E-state index contributed by atoms with van der Waals surface area (Å²) in [6.07, 6.45) is 11.4. The Bertz CT molecular complexity index is 86.2. The van der Waals surface area contributed by atoms with Gasteiger partial charge in [0.2, 0.25) is 0 Å². The SMILES string of the molecule is C/C=C\[C]1CCCCC1. The molecule has 0 saturated heterocycles. The van der Waals surface area contributed by atoms with Gasteiger partial charge >= 0.3 is 0 Å². The molecule has 0 spiro atoms. The first-order valence-electron chi connectivity index (χ1n) is 3.91. The van der Waals surface area contributed by atoms with Gasteiger partial charge < -0.3 is 0 Å². The largest absolute Gasteiger partial charge is 0.0911 e. The Labute approximate surface area is 58.0 Å². The number of allylic oxidation sites excluding steroid dienone is 2. The van der Waals surface area contributed by atoms with Gasteiger partial charge in [-0.3, -0.25) is 0 Å². The van der Waals surface area contributed by atoms with Crippen LogP contribution in [0.1, 0.15) is 39.0 Å². The van der Waals surface area contributed by atoms with Gasteiger partial charge in [-0.15, -0.1) is 0 Å². The van der Waals surface area contributed by atoms with E-state index in [1.165, 1.54) is 32.1 Å². The zero-order valence-electron chi connectivity index (χ0n) is 6.19. The summed E-state index contributed by atoms with van der Waals surface area (Å²) >= 11 is 0. The molecule has 0 aromatic rings. The van der Waals surface area contributed by atoms with E-state index in [0.717, 1.165) is 0 Å². The maximum absolute atomic E-state index is 2.28. The average Bonchev–Trinajstić information content (AvgIpc) is 1.91. The lowest BCUT2D eigenvalue weighted by molar-refractivity contribution is 0.557. The molecule has 0 aromatic carbocycles. The lowest BCUT2D eigenvalue weighted by Crippen LogP contribution is -1.99. The van der Waals surface area contributed by atoms with E-state index in [-0.39, 0.29) is 0 Å². The Balaban J connectivity index is 2.23. The highest BCUT2D eigenvalue weighted by Gasteiger charge is 2.09. The van der Waals surface area contributed by atoms with Crippen molar-refractivity contribution in [1.82, 2.24) is 0 Å². The van der Waals surface area contributed by atoms with E-state index in [2.05, 4.69) is 19.1 Å². The van der Waals surface area contributed by atoms with Crippen LogP contribution in [0.2, 0.25) is 0 Å². The fourth-order valence-corrected chi connectivity index (χ4v) is 1.41. The lowest BCUT2D eigenvalue weighted by Gasteiger charge is -2.16. The summed E-state index contributed by atoms with van der Waals surface area (Å²) in [4.78, 5) is 0. The summed E-state index contributed by atoms with van der Waals surface area (Å²) in [5, 5.41) is 0. The molecule has 0 unspecified atom stereocenters. The predicted octanol–water partition coefficient (Wildman–Crippen LogP) is 3.10. The van der Waals surface area contributed by atoms with Crippen LogP contribution >= 0.6 is 0 Å². The van der Waals surface area contributed by atoms with Gasteiger partial charge in [0, 0.05) is 0 Å². The van der Waals surface area contributed by atoms with E-state index in [1.807, 2.05) is 0 Å². The van der Waals surface area contributed by atoms with E-state index < -0.39 is 0 Å². The van der Waals surface area contributed by atoms with Crippen molar-refractivity contribution in [2.75, 3.05) is 0 Å². The molecular weight excluding hydrogens is 108 g/mol. The minimum absolute atomic E-state index is 1.35. The Morgan fingerprint density at radius 1 is 1.11 bits per heavy atom. The minimum atomic E-state index is 1.35. The molecule has 0 heteroatoms. The van der Waals surface area contributed by atoms with E-state index in [1.54, 1.807) is 5.92 Å². The van der Waals surface area contributed by atoms with E-state index >= 15 is 0 Å². The van der Waals surface area contributed by atoms with Crippen molar-refractivity contribution >= 4 is 0 Å². The van der Waals surface area contributed by atoms with Crippen LogP contribution in [0, 0.1) is 5.92 Å². The molecule has 1 aliphatic rings. The summed E-state index contributed by atoms with van der Waals surface area (Å²) in [7, 11) is 0. The summed E-state index contributed by atoms with van der Waals surface area (Å²) < 4.78 is 0. The van der Waals surface area contributed by atoms with E-state index in [4.69, 9.17) is 0 Å².